The molecule has 0 radical (unpaired) electrons. The number of hydrogen-bond donors (Lipinski definition) is 0. The van der Waals surface area contributed by atoms with Crippen LogP contribution in [0, 0.1) is 5.92 Å². The summed E-state index contributed by atoms with van der Waals surface area (Å²) >= 11 is 6.46. The molecule has 2 aliphatic heterocycles. The van der Waals surface area contributed by atoms with Gasteiger partial charge in [0.1, 0.15) is 5.78 Å². The Hall–Kier alpha value is -2.25. The minimum atomic E-state index is -1.32. The lowest BCUT2D eigenvalue weighted by Crippen LogP contribution is -2.47. The zero-order valence-corrected chi connectivity index (χ0v) is 19.2. The molecular formula is C23H30ClN3O4. The molecule has 3 rings (SSSR count). The van der Waals surface area contributed by atoms with Crippen molar-refractivity contribution in [2.24, 2.45) is 5.92 Å². The SMILES string of the molecule is CC(=O)[C@H]1CCCN(C(=O)C[C@]2(c3ccccc3Cl)CC(=O)N(CCN(C)C)C2=O)C1. The molecule has 1 aromatic carbocycles. The minimum absolute atomic E-state index is 0.0697. The molecule has 0 bridgehead atoms. The number of benzene rings is 1. The normalized spacial score (nSPS) is 24.2. The van der Waals surface area contributed by atoms with Crippen molar-refractivity contribution >= 4 is 35.1 Å². The van der Waals surface area contributed by atoms with Gasteiger partial charge in [-0.25, -0.2) is 0 Å². The van der Waals surface area contributed by atoms with Crippen LogP contribution < -0.4 is 0 Å². The molecule has 2 aliphatic rings. The first kappa shape index (κ1) is 23.4. The van der Waals surface area contributed by atoms with E-state index in [1.165, 1.54) is 4.90 Å². The predicted octanol–water partition coefficient (Wildman–Crippen LogP) is 2.12. The number of piperidine rings is 1. The molecule has 2 heterocycles. The third-order valence-electron chi connectivity index (χ3n) is 6.37. The maximum absolute atomic E-state index is 13.6. The Morgan fingerprint density at radius 3 is 2.58 bits per heavy atom. The van der Waals surface area contributed by atoms with Crippen molar-refractivity contribution in [1.82, 2.24) is 14.7 Å². The number of carbonyl (C=O) groups is 4. The average molecular weight is 448 g/mol. The summed E-state index contributed by atoms with van der Waals surface area (Å²) in [5.41, 5.74) is -0.807. The van der Waals surface area contributed by atoms with E-state index in [0.29, 0.717) is 30.2 Å². The molecule has 0 unspecified atom stereocenters. The first-order valence-corrected chi connectivity index (χ1v) is 11.1. The first-order valence-electron chi connectivity index (χ1n) is 10.7. The maximum atomic E-state index is 13.6. The van der Waals surface area contributed by atoms with Crippen LogP contribution in [0.15, 0.2) is 24.3 Å². The van der Waals surface area contributed by atoms with Crippen LogP contribution in [0.5, 0.6) is 0 Å². The fourth-order valence-corrected chi connectivity index (χ4v) is 4.84. The van der Waals surface area contributed by atoms with Gasteiger partial charge in [-0.2, -0.15) is 0 Å². The molecule has 2 atom stereocenters. The number of nitrogens with zero attached hydrogens (tertiary/aromatic N) is 3. The number of imide groups is 1. The van der Waals surface area contributed by atoms with Gasteiger partial charge in [0.2, 0.25) is 17.7 Å². The standard InChI is InChI=1S/C23H30ClN3O4/c1-16(28)17-7-6-10-26(15-17)20(29)13-23(18-8-4-5-9-19(18)24)14-21(30)27(22(23)31)12-11-25(2)3/h4-5,8-9,17H,6-7,10-15H2,1-3H3/t17-,23+/m0/s1. The second kappa shape index (κ2) is 9.49. The van der Waals surface area contributed by atoms with Gasteiger partial charge in [0.15, 0.2) is 0 Å². The monoisotopic (exact) mass is 447 g/mol. The van der Waals surface area contributed by atoms with Crippen LogP contribution in [0.3, 0.4) is 0 Å². The molecule has 3 amide bonds. The number of rotatable bonds is 7. The second-order valence-electron chi connectivity index (χ2n) is 8.86. The molecule has 7 nitrogen and oxygen atoms in total. The van der Waals surface area contributed by atoms with Crippen LogP contribution in [0.25, 0.3) is 0 Å². The lowest BCUT2D eigenvalue weighted by molar-refractivity contribution is -0.143. The highest BCUT2D eigenvalue weighted by Gasteiger charge is 2.54. The van der Waals surface area contributed by atoms with Crippen molar-refractivity contribution in [3.8, 4) is 0 Å². The van der Waals surface area contributed by atoms with E-state index >= 15 is 0 Å². The Bertz CT molecular complexity index is 887. The van der Waals surface area contributed by atoms with Gasteiger partial charge in [-0.3, -0.25) is 24.1 Å². The summed E-state index contributed by atoms with van der Waals surface area (Å²) in [7, 11) is 3.75. The van der Waals surface area contributed by atoms with Crippen LogP contribution in [0.2, 0.25) is 5.02 Å². The Morgan fingerprint density at radius 2 is 1.94 bits per heavy atom. The Kier molecular flexibility index (Phi) is 7.17. The van der Waals surface area contributed by atoms with Gasteiger partial charge in [-0.05, 0) is 45.5 Å². The van der Waals surface area contributed by atoms with E-state index < -0.39 is 5.41 Å². The number of likely N-dealkylation sites (N-methyl/N-ethyl adjacent to an activating group) is 1. The Labute approximate surface area is 188 Å². The number of halogens is 1. The van der Waals surface area contributed by atoms with Crippen LogP contribution in [-0.4, -0.2) is 78.5 Å². The molecule has 2 saturated heterocycles. The highest BCUT2D eigenvalue weighted by Crippen LogP contribution is 2.43. The van der Waals surface area contributed by atoms with Gasteiger partial charge >= 0.3 is 0 Å². The molecule has 0 spiro atoms. The van der Waals surface area contributed by atoms with Crippen molar-refractivity contribution in [3.63, 3.8) is 0 Å². The van der Waals surface area contributed by atoms with Gasteiger partial charge in [0.25, 0.3) is 0 Å². The fraction of sp³-hybridized carbons (Fsp3) is 0.565. The van der Waals surface area contributed by atoms with Gasteiger partial charge < -0.3 is 9.80 Å². The number of ketones is 1. The zero-order chi connectivity index (χ0) is 22.8. The number of Topliss-reactive ketones (excluding diaryl/α,β-unsaturated/α-hetero) is 1. The summed E-state index contributed by atoms with van der Waals surface area (Å²) in [4.78, 5) is 56.4. The van der Waals surface area contributed by atoms with Crippen LogP contribution in [0.4, 0.5) is 0 Å². The largest absolute Gasteiger partial charge is 0.342 e. The fourth-order valence-electron chi connectivity index (χ4n) is 4.53. The molecule has 0 N–H and O–H groups in total. The lowest BCUT2D eigenvalue weighted by Gasteiger charge is -2.35. The lowest BCUT2D eigenvalue weighted by atomic mass is 9.75. The molecule has 0 aliphatic carbocycles. The molecule has 1 aromatic rings. The summed E-state index contributed by atoms with van der Waals surface area (Å²) in [5, 5.41) is 0.367. The topological polar surface area (TPSA) is 78.0 Å². The number of carbonyl (C=O) groups excluding carboxylic acids is 4. The smallest absolute Gasteiger partial charge is 0.240 e. The Balaban J connectivity index is 1.92. The van der Waals surface area contributed by atoms with Crippen molar-refractivity contribution in [3.05, 3.63) is 34.9 Å². The van der Waals surface area contributed by atoms with Gasteiger partial charge in [-0.15, -0.1) is 0 Å². The van der Waals surface area contributed by atoms with Crippen LogP contribution in [-0.2, 0) is 24.6 Å². The molecule has 31 heavy (non-hydrogen) atoms. The van der Waals surface area contributed by atoms with E-state index in [9.17, 15) is 19.2 Å². The van der Waals surface area contributed by atoms with Crippen molar-refractivity contribution in [1.29, 1.82) is 0 Å². The van der Waals surface area contributed by atoms with Gasteiger partial charge in [0, 0.05) is 50.0 Å². The molecule has 0 aromatic heterocycles. The van der Waals surface area contributed by atoms with E-state index in [1.807, 2.05) is 19.0 Å². The van der Waals surface area contributed by atoms with Gasteiger partial charge in [0.05, 0.1) is 5.41 Å². The van der Waals surface area contributed by atoms with Crippen molar-refractivity contribution < 1.29 is 19.2 Å². The molecule has 8 heteroatoms. The molecule has 2 fully saturated rings. The molecule has 168 valence electrons. The van der Waals surface area contributed by atoms with Crippen LogP contribution >= 0.6 is 11.6 Å². The van der Waals surface area contributed by atoms with Gasteiger partial charge in [-0.1, -0.05) is 29.8 Å². The van der Waals surface area contributed by atoms with Crippen molar-refractivity contribution in [2.45, 2.75) is 38.0 Å². The maximum Gasteiger partial charge on any atom is 0.240 e. The number of amides is 3. The van der Waals surface area contributed by atoms with E-state index in [0.717, 1.165) is 12.8 Å². The summed E-state index contributed by atoms with van der Waals surface area (Å²) in [6.07, 6.45) is 1.30. The summed E-state index contributed by atoms with van der Waals surface area (Å²) < 4.78 is 0. The third kappa shape index (κ3) is 4.83. The van der Waals surface area contributed by atoms with E-state index in [2.05, 4.69) is 0 Å². The van der Waals surface area contributed by atoms with E-state index in [-0.39, 0.29) is 48.8 Å². The number of likely N-dealkylation sites (tertiary alicyclic amines) is 2. The van der Waals surface area contributed by atoms with E-state index in [1.54, 1.807) is 36.1 Å². The second-order valence-corrected chi connectivity index (χ2v) is 9.27. The predicted molar refractivity (Wildman–Crippen MR) is 118 cm³/mol. The number of hydrogen-bond acceptors (Lipinski definition) is 5. The van der Waals surface area contributed by atoms with E-state index in [4.69, 9.17) is 11.6 Å². The summed E-state index contributed by atoms with van der Waals surface area (Å²) in [6.45, 7) is 3.26. The third-order valence-corrected chi connectivity index (χ3v) is 6.70. The van der Waals surface area contributed by atoms with Crippen LogP contribution in [0.1, 0.15) is 38.2 Å². The summed E-state index contributed by atoms with van der Waals surface area (Å²) in [6, 6.07) is 6.93. The quantitative estimate of drug-likeness (QED) is 0.598. The highest BCUT2D eigenvalue weighted by atomic mass is 35.5. The first-order chi connectivity index (χ1) is 14.7. The van der Waals surface area contributed by atoms with Crippen molar-refractivity contribution in [2.75, 3.05) is 40.3 Å². The molecule has 0 saturated carbocycles. The minimum Gasteiger partial charge on any atom is -0.342 e. The molecular weight excluding hydrogens is 418 g/mol. The average Bonchev–Trinajstić information content (AvgIpc) is 2.96. The zero-order valence-electron chi connectivity index (χ0n) is 18.4. The Morgan fingerprint density at radius 1 is 1.23 bits per heavy atom. The highest BCUT2D eigenvalue weighted by molar-refractivity contribution is 6.32. The summed E-state index contributed by atoms with van der Waals surface area (Å²) in [5.74, 6) is -0.992.